The molecule has 0 N–H and O–H groups in total. The molecule has 1 aliphatic heterocycles. The van der Waals surface area contributed by atoms with Crippen molar-refractivity contribution in [3.05, 3.63) is 52.7 Å². The Labute approximate surface area is 178 Å². The van der Waals surface area contributed by atoms with E-state index < -0.39 is 0 Å². The Morgan fingerprint density at radius 2 is 1.77 bits per heavy atom. The van der Waals surface area contributed by atoms with Gasteiger partial charge in [0.2, 0.25) is 5.91 Å². The summed E-state index contributed by atoms with van der Waals surface area (Å²) in [6.07, 6.45) is 3.60. The van der Waals surface area contributed by atoms with E-state index in [9.17, 15) is 9.18 Å². The molecule has 0 unspecified atom stereocenters. The summed E-state index contributed by atoms with van der Waals surface area (Å²) in [5, 5.41) is 0. The molecule has 5 nitrogen and oxygen atoms in total. The number of amides is 1. The van der Waals surface area contributed by atoms with E-state index >= 15 is 0 Å². The summed E-state index contributed by atoms with van der Waals surface area (Å²) in [5.41, 5.74) is 3.23. The first-order chi connectivity index (χ1) is 14.5. The number of carbonyl (C=O) groups excluding carboxylic acids is 1. The van der Waals surface area contributed by atoms with Crippen LogP contribution in [0.1, 0.15) is 62.2 Å². The molecule has 0 bridgehead atoms. The third-order valence-corrected chi connectivity index (χ3v) is 6.05. The molecule has 2 fully saturated rings. The molecule has 160 valence electrons. The summed E-state index contributed by atoms with van der Waals surface area (Å²) >= 11 is 0. The van der Waals surface area contributed by atoms with Crippen LogP contribution in [0.15, 0.2) is 24.3 Å². The van der Waals surface area contributed by atoms with Gasteiger partial charge in [0.1, 0.15) is 17.5 Å². The van der Waals surface area contributed by atoms with Gasteiger partial charge < -0.3 is 9.80 Å². The van der Waals surface area contributed by atoms with Crippen LogP contribution in [0.3, 0.4) is 0 Å². The Kier molecular flexibility index (Phi) is 6.02. The zero-order valence-electron chi connectivity index (χ0n) is 18.2. The normalized spacial score (nSPS) is 17.0. The van der Waals surface area contributed by atoms with E-state index in [-0.39, 0.29) is 17.7 Å². The van der Waals surface area contributed by atoms with Gasteiger partial charge >= 0.3 is 0 Å². The van der Waals surface area contributed by atoms with Gasteiger partial charge in [0.05, 0.1) is 0 Å². The number of carbonyl (C=O) groups is 1. The van der Waals surface area contributed by atoms with Crippen molar-refractivity contribution in [3.63, 3.8) is 0 Å². The average molecular weight is 411 g/mol. The number of halogens is 1. The molecule has 0 spiro atoms. The molecule has 2 heterocycles. The zero-order chi connectivity index (χ0) is 21.3. The third kappa shape index (κ3) is 4.47. The Balaban J connectivity index is 1.63. The van der Waals surface area contributed by atoms with E-state index in [0.717, 1.165) is 73.9 Å². The van der Waals surface area contributed by atoms with Crippen LogP contribution < -0.4 is 4.90 Å². The molecule has 0 radical (unpaired) electrons. The zero-order valence-corrected chi connectivity index (χ0v) is 18.2. The van der Waals surface area contributed by atoms with Gasteiger partial charge in [-0.15, -0.1) is 0 Å². The lowest BCUT2D eigenvalue weighted by molar-refractivity contribution is -0.132. The lowest BCUT2D eigenvalue weighted by Crippen LogP contribution is -2.49. The number of rotatable bonds is 6. The van der Waals surface area contributed by atoms with Crippen molar-refractivity contribution in [1.29, 1.82) is 0 Å². The summed E-state index contributed by atoms with van der Waals surface area (Å²) in [5.74, 6) is 2.45. The molecule has 6 heteroatoms. The fourth-order valence-corrected chi connectivity index (χ4v) is 4.06. The Hall–Kier alpha value is -2.50. The van der Waals surface area contributed by atoms with Crippen LogP contribution in [-0.2, 0) is 17.6 Å². The van der Waals surface area contributed by atoms with Crippen LogP contribution in [-0.4, -0.2) is 47.0 Å². The van der Waals surface area contributed by atoms with Crippen molar-refractivity contribution in [3.8, 4) is 0 Å². The fraction of sp³-hybridized carbons (Fsp3) is 0.542. The number of hydrogen-bond acceptors (Lipinski definition) is 4. The SMILES string of the molecule is CCc1nc(C(C)C)nc(N2CCN(C(=O)C3CC3)CC2)c1Cc1ccc(F)cc1. The van der Waals surface area contributed by atoms with Crippen molar-refractivity contribution in [2.75, 3.05) is 31.1 Å². The topological polar surface area (TPSA) is 49.3 Å². The number of aryl methyl sites for hydroxylation is 1. The molecule has 2 aromatic rings. The Morgan fingerprint density at radius 1 is 1.10 bits per heavy atom. The molecular formula is C24H31FN4O. The Morgan fingerprint density at radius 3 is 2.33 bits per heavy atom. The number of anilines is 1. The molecule has 2 aliphatic rings. The molecule has 4 rings (SSSR count). The van der Waals surface area contributed by atoms with Gasteiger partial charge in [-0.05, 0) is 37.0 Å². The van der Waals surface area contributed by atoms with E-state index in [1.165, 1.54) is 12.1 Å². The first kappa shape index (κ1) is 20.8. The highest BCUT2D eigenvalue weighted by Crippen LogP contribution is 2.32. The molecule has 30 heavy (non-hydrogen) atoms. The van der Waals surface area contributed by atoms with Gasteiger partial charge in [0.25, 0.3) is 0 Å². The Bertz CT molecular complexity index is 900. The van der Waals surface area contributed by atoms with Gasteiger partial charge in [0.15, 0.2) is 0 Å². The van der Waals surface area contributed by atoms with Crippen LogP contribution in [0.2, 0.25) is 0 Å². The summed E-state index contributed by atoms with van der Waals surface area (Å²) in [7, 11) is 0. The second-order valence-electron chi connectivity index (χ2n) is 8.73. The quantitative estimate of drug-likeness (QED) is 0.724. The minimum Gasteiger partial charge on any atom is -0.353 e. The number of piperazine rings is 1. The molecular weight excluding hydrogens is 379 g/mol. The van der Waals surface area contributed by atoms with E-state index in [4.69, 9.17) is 9.97 Å². The maximum Gasteiger partial charge on any atom is 0.225 e. The van der Waals surface area contributed by atoms with Crippen molar-refractivity contribution < 1.29 is 9.18 Å². The maximum absolute atomic E-state index is 13.4. The smallest absolute Gasteiger partial charge is 0.225 e. The van der Waals surface area contributed by atoms with E-state index in [1.54, 1.807) is 0 Å². The summed E-state index contributed by atoms with van der Waals surface area (Å²) in [4.78, 5) is 26.6. The maximum atomic E-state index is 13.4. The van der Waals surface area contributed by atoms with Crippen LogP contribution >= 0.6 is 0 Å². The van der Waals surface area contributed by atoms with Gasteiger partial charge in [-0.2, -0.15) is 0 Å². The molecule has 1 aliphatic carbocycles. The lowest BCUT2D eigenvalue weighted by atomic mass is 10.0. The van der Waals surface area contributed by atoms with Crippen molar-refractivity contribution in [2.24, 2.45) is 5.92 Å². The highest BCUT2D eigenvalue weighted by molar-refractivity contribution is 5.81. The fourth-order valence-electron chi connectivity index (χ4n) is 4.06. The number of nitrogens with zero attached hydrogens (tertiary/aromatic N) is 4. The van der Waals surface area contributed by atoms with Crippen molar-refractivity contribution in [1.82, 2.24) is 14.9 Å². The molecule has 1 aromatic heterocycles. The molecule has 0 atom stereocenters. The molecule has 1 saturated heterocycles. The number of hydrogen-bond donors (Lipinski definition) is 0. The van der Waals surface area contributed by atoms with Crippen LogP contribution in [0.25, 0.3) is 0 Å². The predicted octanol–water partition coefficient (Wildman–Crippen LogP) is 3.95. The van der Waals surface area contributed by atoms with E-state index in [0.29, 0.717) is 12.3 Å². The molecule has 1 saturated carbocycles. The summed E-state index contributed by atoms with van der Waals surface area (Å²) in [6.45, 7) is 9.41. The summed E-state index contributed by atoms with van der Waals surface area (Å²) in [6, 6.07) is 6.68. The monoisotopic (exact) mass is 410 g/mol. The standard InChI is InChI=1S/C24H31FN4O/c1-4-21-20(15-17-5-9-19(25)10-6-17)23(27-22(26-21)16(2)3)28-11-13-29(14-12-28)24(30)18-7-8-18/h5-6,9-10,16,18H,4,7-8,11-15H2,1-3H3. The van der Waals surface area contributed by atoms with E-state index in [2.05, 4.69) is 25.7 Å². The molecule has 1 amide bonds. The first-order valence-electron chi connectivity index (χ1n) is 11.1. The van der Waals surface area contributed by atoms with Gasteiger partial charge in [-0.1, -0.05) is 32.9 Å². The third-order valence-electron chi connectivity index (χ3n) is 6.05. The van der Waals surface area contributed by atoms with Crippen molar-refractivity contribution in [2.45, 2.75) is 52.4 Å². The summed E-state index contributed by atoms with van der Waals surface area (Å²) < 4.78 is 13.4. The largest absolute Gasteiger partial charge is 0.353 e. The van der Waals surface area contributed by atoms with Gasteiger partial charge in [-0.3, -0.25) is 4.79 Å². The lowest BCUT2D eigenvalue weighted by Gasteiger charge is -2.37. The number of aromatic nitrogens is 2. The van der Waals surface area contributed by atoms with Gasteiger partial charge in [-0.25, -0.2) is 14.4 Å². The van der Waals surface area contributed by atoms with Crippen molar-refractivity contribution >= 4 is 11.7 Å². The highest BCUT2D eigenvalue weighted by Gasteiger charge is 2.35. The van der Waals surface area contributed by atoms with Crippen LogP contribution in [0, 0.1) is 11.7 Å². The first-order valence-corrected chi connectivity index (χ1v) is 11.1. The van der Waals surface area contributed by atoms with E-state index in [1.807, 2.05) is 17.0 Å². The second kappa shape index (κ2) is 8.70. The predicted molar refractivity (Wildman–Crippen MR) is 116 cm³/mol. The highest BCUT2D eigenvalue weighted by atomic mass is 19.1. The second-order valence-corrected chi connectivity index (χ2v) is 8.73. The van der Waals surface area contributed by atoms with Gasteiger partial charge in [0, 0.05) is 55.7 Å². The average Bonchev–Trinajstić information content (AvgIpc) is 3.60. The minimum absolute atomic E-state index is 0.224. The van der Waals surface area contributed by atoms with Crippen LogP contribution in [0.4, 0.5) is 10.2 Å². The number of benzene rings is 1. The molecule has 1 aromatic carbocycles. The minimum atomic E-state index is -0.224. The van der Waals surface area contributed by atoms with Crippen LogP contribution in [0.5, 0.6) is 0 Å².